The van der Waals surface area contributed by atoms with E-state index in [0.717, 1.165) is 22.8 Å². The van der Waals surface area contributed by atoms with Crippen LogP contribution in [0.3, 0.4) is 0 Å². The molecule has 3 rings (SSSR count). The van der Waals surface area contributed by atoms with E-state index in [1.165, 1.54) is 15.2 Å². The van der Waals surface area contributed by atoms with Crippen molar-refractivity contribution in [1.82, 2.24) is 19.4 Å². The van der Waals surface area contributed by atoms with E-state index in [1.807, 2.05) is 31.2 Å². The molecule has 0 bridgehead atoms. The summed E-state index contributed by atoms with van der Waals surface area (Å²) in [5, 5.41) is 6.66. The number of carbonyl (C=O) groups excluding carboxylic acids is 1. The second-order valence-corrected chi connectivity index (χ2v) is 9.38. The summed E-state index contributed by atoms with van der Waals surface area (Å²) in [5.41, 5.74) is 0.919. The molecule has 10 heteroatoms. The second-order valence-electron chi connectivity index (χ2n) is 6.30. The molecule has 1 saturated heterocycles. The largest absolute Gasteiger partial charge is 0.494 e. The molecule has 152 valence electrons. The predicted molar refractivity (Wildman–Crippen MR) is 108 cm³/mol. The number of sulfonamides is 1. The van der Waals surface area contributed by atoms with Crippen molar-refractivity contribution in [3.63, 3.8) is 0 Å². The molecule has 0 aliphatic carbocycles. The van der Waals surface area contributed by atoms with Crippen LogP contribution in [0.2, 0.25) is 0 Å². The van der Waals surface area contributed by atoms with Crippen LogP contribution in [0.1, 0.15) is 22.8 Å². The third kappa shape index (κ3) is 4.68. The van der Waals surface area contributed by atoms with Gasteiger partial charge in [-0.1, -0.05) is 12.1 Å². The Hall–Kier alpha value is -2.04. The number of benzene rings is 1. The van der Waals surface area contributed by atoms with E-state index in [0.29, 0.717) is 19.7 Å². The lowest BCUT2D eigenvalue weighted by Gasteiger charge is -2.24. The highest BCUT2D eigenvalue weighted by atomic mass is 32.2. The van der Waals surface area contributed by atoms with E-state index in [4.69, 9.17) is 4.74 Å². The lowest BCUT2D eigenvalue weighted by molar-refractivity contribution is 0.0947. The van der Waals surface area contributed by atoms with Gasteiger partial charge in [-0.2, -0.15) is 21.2 Å². The highest BCUT2D eigenvalue weighted by Gasteiger charge is 2.33. The van der Waals surface area contributed by atoms with Crippen molar-refractivity contribution in [2.45, 2.75) is 18.5 Å². The van der Waals surface area contributed by atoms with Gasteiger partial charge in [-0.05, 0) is 24.6 Å². The number of thioether (sulfide) groups is 1. The van der Waals surface area contributed by atoms with Gasteiger partial charge >= 0.3 is 0 Å². The van der Waals surface area contributed by atoms with E-state index in [9.17, 15) is 13.2 Å². The van der Waals surface area contributed by atoms with Crippen LogP contribution in [-0.2, 0) is 23.6 Å². The lowest BCUT2D eigenvalue weighted by atomic mass is 10.2. The molecule has 1 fully saturated rings. The molecule has 0 radical (unpaired) electrons. The van der Waals surface area contributed by atoms with Crippen LogP contribution in [0.4, 0.5) is 0 Å². The minimum absolute atomic E-state index is 0.0571. The molecule has 1 amide bonds. The molecule has 8 nitrogen and oxygen atoms in total. The van der Waals surface area contributed by atoms with Crippen LogP contribution in [0.5, 0.6) is 5.75 Å². The Morgan fingerprint density at radius 2 is 2.07 bits per heavy atom. The first-order valence-corrected chi connectivity index (χ1v) is 11.6. The van der Waals surface area contributed by atoms with E-state index < -0.39 is 15.9 Å². The zero-order valence-electron chi connectivity index (χ0n) is 15.9. The molecule has 0 atom stereocenters. The summed E-state index contributed by atoms with van der Waals surface area (Å²) in [6, 6.07) is 7.41. The molecular weight excluding hydrogens is 400 g/mol. The average Bonchev–Trinajstić information content (AvgIpc) is 3.10. The van der Waals surface area contributed by atoms with Crippen molar-refractivity contribution >= 4 is 27.7 Å². The van der Waals surface area contributed by atoms with E-state index in [1.54, 1.807) is 18.8 Å². The maximum Gasteiger partial charge on any atom is 0.263 e. The zero-order valence-corrected chi connectivity index (χ0v) is 17.6. The summed E-state index contributed by atoms with van der Waals surface area (Å²) in [6.45, 7) is 3.57. The first-order valence-electron chi connectivity index (χ1n) is 9.03. The van der Waals surface area contributed by atoms with E-state index in [-0.39, 0.29) is 17.1 Å². The number of nitrogens with zero attached hydrogens (tertiary/aromatic N) is 3. The van der Waals surface area contributed by atoms with Gasteiger partial charge in [0.2, 0.25) is 5.03 Å². The first-order chi connectivity index (χ1) is 13.4. The van der Waals surface area contributed by atoms with Crippen LogP contribution in [-0.4, -0.2) is 59.6 Å². The molecular formula is C18H24N4O4S2. The Morgan fingerprint density at radius 1 is 1.32 bits per heavy atom. The minimum atomic E-state index is -3.81. The van der Waals surface area contributed by atoms with Crippen LogP contribution >= 0.6 is 11.8 Å². The fourth-order valence-electron chi connectivity index (χ4n) is 2.91. The fourth-order valence-corrected chi connectivity index (χ4v) is 5.61. The lowest BCUT2D eigenvalue weighted by Crippen LogP contribution is -2.39. The number of hydrogen-bond acceptors (Lipinski definition) is 6. The highest BCUT2D eigenvalue weighted by Crippen LogP contribution is 2.22. The molecule has 1 aliphatic rings. The summed E-state index contributed by atoms with van der Waals surface area (Å²) in [7, 11) is -2.20. The summed E-state index contributed by atoms with van der Waals surface area (Å²) in [5.74, 6) is 1.73. The van der Waals surface area contributed by atoms with Gasteiger partial charge < -0.3 is 10.1 Å². The normalized spacial score (nSPS) is 15.4. The Bertz CT molecular complexity index is 937. The minimum Gasteiger partial charge on any atom is -0.494 e. The molecule has 0 saturated carbocycles. The van der Waals surface area contributed by atoms with Crippen molar-refractivity contribution in [1.29, 1.82) is 0 Å². The van der Waals surface area contributed by atoms with E-state index in [2.05, 4.69) is 10.4 Å². The van der Waals surface area contributed by atoms with Gasteiger partial charge in [0.05, 0.1) is 12.2 Å². The third-order valence-electron chi connectivity index (χ3n) is 4.26. The number of amides is 1. The molecule has 1 aliphatic heterocycles. The summed E-state index contributed by atoms with van der Waals surface area (Å²) in [4.78, 5) is 12.7. The van der Waals surface area contributed by atoms with E-state index >= 15 is 0 Å². The molecule has 2 aromatic rings. The van der Waals surface area contributed by atoms with Gasteiger partial charge in [-0.3, -0.25) is 9.48 Å². The molecule has 1 aromatic heterocycles. The van der Waals surface area contributed by atoms with Gasteiger partial charge in [-0.15, -0.1) is 0 Å². The third-order valence-corrected chi connectivity index (χ3v) is 7.03. The van der Waals surface area contributed by atoms with Crippen molar-refractivity contribution in [2.75, 3.05) is 31.2 Å². The molecule has 1 aromatic carbocycles. The summed E-state index contributed by atoms with van der Waals surface area (Å²) in [6.07, 6.45) is 1.44. The quantitative estimate of drug-likeness (QED) is 0.724. The number of aryl methyl sites for hydroxylation is 1. The Morgan fingerprint density at radius 3 is 2.79 bits per heavy atom. The molecule has 1 N–H and O–H groups in total. The standard InChI is InChI=1S/C18H24N4O4S2/c1-3-26-15-6-4-5-14(11-15)12-19-17(23)16-13-21(2)20-18(16)28(24,25)22-7-9-27-10-8-22/h4-6,11,13H,3,7-10,12H2,1-2H3,(H,19,23). The highest BCUT2D eigenvalue weighted by molar-refractivity contribution is 7.99. The van der Waals surface area contributed by atoms with Gasteiger partial charge in [0.1, 0.15) is 5.75 Å². The fraction of sp³-hybridized carbons (Fsp3) is 0.444. The maximum atomic E-state index is 13.0. The van der Waals surface area contributed by atoms with Crippen LogP contribution in [0.25, 0.3) is 0 Å². The Labute approximate surface area is 169 Å². The average molecular weight is 425 g/mol. The summed E-state index contributed by atoms with van der Waals surface area (Å²) < 4.78 is 34.1. The zero-order chi connectivity index (χ0) is 20.1. The number of rotatable bonds is 7. The molecule has 28 heavy (non-hydrogen) atoms. The number of ether oxygens (including phenoxy) is 1. The number of aromatic nitrogens is 2. The van der Waals surface area contributed by atoms with Gasteiger partial charge in [0.25, 0.3) is 15.9 Å². The number of nitrogens with one attached hydrogen (secondary N) is 1. The Balaban J connectivity index is 1.76. The summed E-state index contributed by atoms with van der Waals surface area (Å²) >= 11 is 1.71. The van der Waals surface area contributed by atoms with Crippen LogP contribution < -0.4 is 10.1 Å². The molecule has 2 heterocycles. The second kappa shape index (κ2) is 8.97. The van der Waals surface area contributed by atoms with Crippen molar-refractivity contribution < 1.29 is 17.9 Å². The van der Waals surface area contributed by atoms with Gasteiger partial charge in [-0.25, -0.2) is 8.42 Å². The van der Waals surface area contributed by atoms with Crippen molar-refractivity contribution in [3.8, 4) is 5.75 Å². The van der Waals surface area contributed by atoms with Gasteiger partial charge in [0.15, 0.2) is 0 Å². The number of hydrogen-bond donors (Lipinski definition) is 1. The Kier molecular flexibility index (Phi) is 6.63. The van der Waals surface area contributed by atoms with Crippen molar-refractivity contribution in [2.24, 2.45) is 7.05 Å². The van der Waals surface area contributed by atoms with Gasteiger partial charge in [0, 0.05) is 44.4 Å². The molecule has 0 unspecified atom stereocenters. The van der Waals surface area contributed by atoms with Crippen LogP contribution in [0, 0.1) is 0 Å². The monoisotopic (exact) mass is 424 g/mol. The topological polar surface area (TPSA) is 93.5 Å². The smallest absolute Gasteiger partial charge is 0.263 e. The van der Waals surface area contributed by atoms with Crippen molar-refractivity contribution in [3.05, 3.63) is 41.6 Å². The number of carbonyl (C=O) groups is 1. The SMILES string of the molecule is CCOc1cccc(CNC(=O)c2cn(C)nc2S(=O)(=O)N2CCSCC2)c1. The predicted octanol–water partition coefficient (Wildman–Crippen LogP) is 1.49. The first kappa shape index (κ1) is 20.7. The maximum absolute atomic E-state index is 13.0. The molecule has 0 spiro atoms. The van der Waals surface area contributed by atoms with Crippen LogP contribution in [0.15, 0.2) is 35.5 Å².